The van der Waals surface area contributed by atoms with Crippen molar-refractivity contribution in [1.82, 2.24) is 20.5 Å². The summed E-state index contributed by atoms with van der Waals surface area (Å²) in [6.07, 6.45) is 0.935. The van der Waals surface area contributed by atoms with Gasteiger partial charge in [-0.25, -0.2) is 9.37 Å². The van der Waals surface area contributed by atoms with Crippen molar-refractivity contribution in [1.29, 1.82) is 0 Å². The zero-order chi connectivity index (χ0) is 19.1. The van der Waals surface area contributed by atoms with Crippen molar-refractivity contribution in [2.24, 2.45) is 0 Å². The van der Waals surface area contributed by atoms with Gasteiger partial charge < -0.3 is 20.3 Å². The molecule has 0 radical (unpaired) electrons. The maximum atomic E-state index is 12.9. The van der Waals surface area contributed by atoms with Gasteiger partial charge in [0.15, 0.2) is 0 Å². The molecular weight excluding hydrogens is 438 g/mol. The van der Waals surface area contributed by atoms with E-state index in [0.717, 1.165) is 44.2 Å². The summed E-state index contributed by atoms with van der Waals surface area (Å²) < 4.78 is 18.5. The standard InChI is InChI=1S/C19H25FN4O2S.2ClH/c1-14-18(19(25)22-7-2-10-24-11-8-21-9-12-24)27-17(23-14)13-26-16-5-3-15(20)4-6-16;;/h3-6,21H,2,7-13H2,1H3,(H,22,25);2*1H. The second kappa shape index (κ2) is 13.0. The topological polar surface area (TPSA) is 66.5 Å². The highest BCUT2D eigenvalue weighted by molar-refractivity contribution is 7.13. The smallest absolute Gasteiger partial charge is 0.263 e. The number of hydrogen-bond donors (Lipinski definition) is 2. The van der Waals surface area contributed by atoms with Crippen LogP contribution in [-0.4, -0.2) is 55.1 Å². The van der Waals surface area contributed by atoms with Crippen molar-refractivity contribution in [3.63, 3.8) is 0 Å². The summed E-state index contributed by atoms with van der Waals surface area (Å²) in [5.41, 5.74) is 0.706. The second-order valence-corrected chi connectivity index (χ2v) is 7.55. The van der Waals surface area contributed by atoms with E-state index in [0.29, 0.717) is 22.9 Å². The van der Waals surface area contributed by atoms with Gasteiger partial charge in [-0.15, -0.1) is 36.2 Å². The largest absolute Gasteiger partial charge is 0.486 e. The minimum absolute atomic E-state index is 0. The number of nitrogens with one attached hydrogen (secondary N) is 2. The van der Waals surface area contributed by atoms with E-state index in [2.05, 4.69) is 20.5 Å². The number of ether oxygens (including phenoxy) is 1. The van der Waals surface area contributed by atoms with Gasteiger partial charge in [-0.2, -0.15) is 0 Å². The van der Waals surface area contributed by atoms with Crippen LogP contribution in [-0.2, 0) is 6.61 Å². The molecule has 0 atom stereocenters. The van der Waals surface area contributed by atoms with E-state index < -0.39 is 0 Å². The number of thiazole rings is 1. The molecule has 2 aromatic rings. The van der Waals surface area contributed by atoms with Crippen LogP contribution in [0.4, 0.5) is 4.39 Å². The van der Waals surface area contributed by atoms with E-state index in [1.807, 2.05) is 6.92 Å². The SMILES string of the molecule is Cc1nc(COc2ccc(F)cc2)sc1C(=O)NCCCN1CCNCC1.Cl.Cl. The molecule has 1 saturated heterocycles. The van der Waals surface area contributed by atoms with Gasteiger partial charge in [0.2, 0.25) is 0 Å². The van der Waals surface area contributed by atoms with E-state index in [4.69, 9.17) is 4.74 Å². The molecule has 0 unspecified atom stereocenters. The van der Waals surface area contributed by atoms with E-state index in [9.17, 15) is 9.18 Å². The maximum Gasteiger partial charge on any atom is 0.263 e. The highest BCUT2D eigenvalue weighted by atomic mass is 35.5. The van der Waals surface area contributed by atoms with Crippen molar-refractivity contribution in [3.05, 3.63) is 45.7 Å². The number of amides is 1. The molecular formula is C19H27Cl2FN4O2S. The number of hydrogen-bond acceptors (Lipinski definition) is 6. The quantitative estimate of drug-likeness (QED) is 0.587. The molecule has 0 saturated carbocycles. The average Bonchev–Trinajstić information content (AvgIpc) is 3.06. The maximum absolute atomic E-state index is 12.9. The number of carbonyl (C=O) groups excluding carboxylic acids is 1. The summed E-state index contributed by atoms with van der Waals surface area (Å²) in [6, 6.07) is 5.84. The molecule has 2 N–H and O–H groups in total. The van der Waals surface area contributed by atoms with Crippen LogP contribution in [0.2, 0.25) is 0 Å². The normalized spacial score (nSPS) is 13.9. The Morgan fingerprint density at radius 1 is 1.28 bits per heavy atom. The molecule has 1 aromatic heterocycles. The molecule has 1 amide bonds. The fourth-order valence-corrected chi connectivity index (χ4v) is 3.81. The first kappa shape index (κ1) is 25.6. The van der Waals surface area contributed by atoms with Crippen LogP contribution in [0.5, 0.6) is 5.75 Å². The predicted octanol–water partition coefficient (Wildman–Crippen LogP) is 3.04. The number of aryl methyl sites for hydroxylation is 1. The van der Waals surface area contributed by atoms with Gasteiger partial charge in [-0.3, -0.25) is 4.79 Å². The minimum Gasteiger partial charge on any atom is -0.486 e. The predicted molar refractivity (Wildman–Crippen MR) is 118 cm³/mol. The van der Waals surface area contributed by atoms with Crippen LogP contribution >= 0.6 is 36.2 Å². The molecule has 10 heteroatoms. The zero-order valence-electron chi connectivity index (χ0n) is 16.3. The molecule has 0 bridgehead atoms. The molecule has 162 valence electrons. The molecule has 0 spiro atoms. The van der Waals surface area contributed by atoms with Gasteiger partial charge in [0, 0.05) is 32.7 Å². The van der Waals surface area contributed by atoms with Gasteiger partial charge in [-0.05, 0) is 44.2 Å². The third-order valence-corrected chi connectivity index (χ3v) is 5.50. The fourth-order valence-electron chi connectivity index (χ4n) is 2.92. The van der Waals surface area contributed by atoms with Gasteiger partial charge in [-0.1, -0.05) is 0 Å². The van der Waals surface area contributed by atoms with E-state index >= 15 is 0 Å². The summed E-state index contributed by atoms with van der Waals surface area (Å²) in [6.45, 7) is 7.95. The number of nitrogens with zero attached hydrogens (tertiary/aromatic N) is 2. The van der Waals surface area contributed by atoms with Gasteiger partial charge in [0.05, 0.1) is 5.69 Å². The summed E-state index contributed by atoms with van der Waals surface area (Å²) >= 11 is 1.34. The Bertz CT molecular complexity index is 755. The molecule has 1 aromatic carbocycles. The molecule has 29 heavy (non-hydrogen) atoms. The first-order valence-electron chi connectivity index (χ1n) is 9.18. The third kappa shape index (κ3) is 8.06. The number of halogens is 3. The fraction of sp³-hybridized carbons (Fsp3) is 0.474. The Morgan fingerprint density at radius 3 is 2.66 bits per heavy atom. The Morgan fingerprint density at radius 2 is 1.97 bits per heavy atom. The molecule has 1 aliphatic rings. The van der Waals surface area contributed by atoms with Crippen molar-refractivity contribution in [2.75, 3.05) is 39.3 Å². The van der Waals surface area contributed by atoms with E-state index in [-0.39, 0.29) is 43.1 Å². The van der Waals surface area contributed by atoms with Crippen LogP contribution in [0.3, 0.4) is 0 Å². The van der Waals surface area contributed by atoms with Crippen LogP contribution in [0.1, 0.15) is 26.8 Å². The lowest BCUT2D eigenvalue weighted by molar-refractivity contribution is 0.0954. The van der Waals surface area contributed by atoms with Crippen LogP contribution in [0.15, 0.2) is 24.3 Å². The molecule has 2 heterocycles. The van der Waals surface area contributed by atoms with Crippen LogP contribution in [0.25, 0.3) is 0 Å². The number of benzene rings is 1. The third-order valence-electron chi connectivity index (χ3n) is 4.37. The number of carbonyl (C=O) groups is 1. The summed E-state index contributed by atoms with van der Waals surface area (Å²) in [7, 11) is 0. The average molecular weight is 465 g/mol. The Balaban J connectivity index is 0.00000210. The van der Waals surface area contributed by atoms with Crippen molar-refractivity contribution in [2.45, 2.75) is 20.0 Å². The summed E-state index contributed by atoms with van der Waals surface area (Å²) in [4.78, 5) is 19.8. The van der Waals surface area contributed by atoms with Gasteiger partial charge in [0.25, 0.3) is 5.91 Å². The van der Waals surface area contributed by atoms with Gasteiger partial charge >= 0.3 is 0 Å². The van der Waals surface area contributed by atoms with Crippen LogP contribution < -0.4 is 15.4 Å². The van der Waals surface area contributed by atoms with Crippen molar-refractivity contribution >= 4 is 42.1 Å². The van der Waals surface area contributed by atoms with Crippen molar-refractivity contribution in [3.8, 4) is 5.75 Å². The lowest BCUT2D eigenvalue weighted by Crippen LogP contribution is -2.44. The summed E-state index contributed by atoms with van der Waals surface area (Å²) in [5.74, 6) is 0.185. The lowest BCUT2D eigenvalue weighted by atomic mass is 10.3. The Labute approximate surface area is 187 Å². The van der Waals surface area contributed by atoms with Gasteiger partial charge in [0.1, 0.15) is 28.1 Å². The monoisotopic (exact) mass is 464 g/mol. The zero-order valence-corrected chi connectivity index (χ0v) is 18.7. The lowest BCUT2D eigenvalue weighted by Gasteiger charge is -2.27. The van der Waals surface area contributed by atoms with E-state index in [1.54, 1.807) is 12.1 Å². The molecule has 3 rings (SSSR count). The second-order valence-electron chi connectivity index (χ2n) is 6.47. The first-order chi connectivity index (χ1) is 13.1. The minimum atomic E-state index is -0.302. The first-order valence-corrected chi connectivity index (χ1v) is 9.99. The van der Waals surface area contributed by atoms with E-state index in [1.165, 1.54) is 23.5 Å². The molecule has 0 aliphatic carbocycles. The highest BCUT2D eigenvalue weighted by Crippen LogP contribution is 2.20. The number of piperazine rings is 1. The Hall–Kier alpha value is -1.45. The molecule has 1 fully saturated rings. The summed E-state index contributed by atoms with van der Waals surface area (Å²) in [5, 5.41) is 7.04. The van der Waals surface area contributed by atoms with Crippen LogP contribution in [0, 0.1) is 12.7 Å². The molecule has 1 aliphatic heterocycles. The Kier molecular flexibility index (Phi) is 11.4. The number of aromatic nitrogens is 1. The number of rotatable bonds is 8. The highest BCUT2D eigenvalue weighted by Gasteiger charge is 2.16. The van der Waals surface area contributed by atoms with Crippen molar-refractivity contribution < 1.29 is 13.9 Å². The molecule has 6 nitrogen and oxygen atoms in total.